The number of benzene rings is 1. The summed E-state index contributed by atoms with van der Waals surface area (Å²) < 4.78 is 28.6. The fourth-order valence-corrected chi connectivity index (χ4v) is 3.22. The second kappa shape index (κ2) is 6.07. The summed E-state index contributed by atoms with van der Waals surface area (Å²) in [6, 6.07) is 6.75. The molecule has 0 radical (unpaired) electrons. The fourth-order valence-electron chi connectivity index (χ4n) is 1.85. The van der Waals surface area contributed by atoms with E-state index in [1.165, 1.54) is 14.1 Å². The number of nitrogens with zero attached hydrogens (tertiary/aromatic N) is 2. The summed E-state index contributed by atoms with van der Waals surface area (Å²) in [6.45, 7) is -0.0615. The van der Waals surface area contributed by atoms with E-state index in [-0.39, 0.29) is 6.54 Å². The van der Waals surface area contributed by atoms with Crippen molar-refractivity contribution in [3.05, 3.63) is 61.9 Å². The first-order valence-corrected chi connectivity index (χ1v) is 8.10. The number of aromatic nitrogens is 2. The minimum Gasteiger partial charge on any atom is -0.302 e. The first-order chi connectivity index (χ1) is 10.2. The predicted octanol–water partition coefficient (Wildman–Crippen LogP) is 0.216. The molecule has 0 saturated carbocycles. The lowest BCUT2D eigenvalue weighted by molar-refractivity contribution is 0.570. The van der Waals surface area contributed by atoms with Crippen LogP contribution in [0.3, 0.4) is 0 Å². The van der Waals surface area contributed by atoms with Gasteiger partial charge in [-0.1, -0.05) is 29.8 Å². The average Bonchev–Trinajstić information content (AvgIpc) is 2.48. The Morgan fingerprint density at radius 3 is 2.45 bits per heavy atom. The van der Waals surface area contributed by atoms with Gasteiger partial charge >= 0.3 is 5.69 Å². The number of hydrogen-bond acceptors (Lipinski definition) is 4. The number of rotatable bonds is 4. The van der Waals surface area contributed by atoms with Gasteiger partial charge in [0.25, 0.3) is 5.56 Å². The van der Waals surface area contributed by atoms with Crippen molar-refractivity contribution in [2.45, 2.75) is 11.4 Å². The van der Waals surface area contributed by atoms with Crippen LogP contribution in [0.2, 0.25) is 5.02 Å². The SMILES string of the molecule is Cn1cc(S(=O)(=O)NCc2ccccc2Cl)c(=O)n(C)c1=O. The summed E-state index contributed by atoms with van der Waals surface area (Å²) >= 11 is 5.96. The van der Waals surface area contributed by atoms with Gasteiger partial charge in [0, 0.05) is 31.9 Å². The van der Waals surface area contributed by atoms with Crippen LogP contribution in [0.25, 0.3) is 0 Å². The molecule has 118 valence electrons. The zero-order valence-corrected chi connectivity index (χ0v) is 13.5. The highest BCUT2D eigenvalue weighted by molar-refractivity contribution is 7.89. The third-order valence-electron chi connectivity index (χ3n) is 3.11. The Labute approximate surface area is 131 Å². The molecule has 0 atom stereocenters. The molecule has 0 unspecified atom stereocenters. The van der Waals surface area contributed by atoms with Crippen LogP contribution in [0.1, 0.15) is 5.56 Å². The molecule has 0 spiro atoms. The van der Waals surface area contributed by atoms with Crippen LogP contribution in [0.4, 0.5) is 0 Å². The highest BCUT2D eigenvalue weighted by atomic mass is 35.5. The molecule has 0 aliphatic heterocycles. The van der Waals surface area contributed by atoms with Crippen molar-refractivity contribution in [1.29, 1.82) is 0 Å². The van der Waals surface area contributed by atoms with E-state index in [2.05, 4.69) is 4.72 Å². The van der Waals surface area contributed by atoms with E-state index < -0.39 is 26.2 Å². The molecule has 1 heterocycles. The Morgan fingerprint density at radius 2 is 1.82 bits per heavy atom. The second-order valence-electron chi connectivity index (χ2n) is 4.67. The number of hydrogen-bond donors (Lipinski definition) is 1. The lowest BCUT2D eigenvalue weighted by atomic mass is 10.2. The van der Waals surface area contributed by atoms with Crippen LogP contribution in [0.15, 0.2) is 44.9 Å². The lowest BCUT2D eigenvalue weighted by Gasteiger charge is -2.10. The predicted molar refractivity (Wildman–Crippen MR) is 82.4 cm³/mol. The summed E-state index contributed by atoms with van der Waals surface area (Å²) in [7, 11) is -1.48. The van der Waals surface area contributed by atoms with E-state index in [0.717, 1.165) is 15.3 Å². The third-order valence-corrected chi connectivity index (χ3v) is 4.87. The molecule has 1 N–H and O–H groups in total. The van der Waals surface area contributed by atoms with Crippen LogP contribution in [0.5, 0.6) is 0 Å². The largest absolute Gasteiger partial charge is 0.330 e. The highest BCUT2D eigenvalue weighted by Crippen LogP contribution is 2.15. The third kappa shape index (κ3) is 3.13. The average molecular weight is 344 g/mol. The smallest absolute Gasteiger partial charge is 0.302 e. The standard InChI is InChI=1S/C13H14ClN3O4S/c1-16-8-11(12(18)17(2)13(16)19)22(20,21)15-7-9-5-3-4-6-10(9)14/h3-6,8,15H,7H2,1-2H3. The molecular formula is C13H14ClN3O4S. The van der Waals surface area contributed by atoms with Crippen molar-refractivity contribution in [3.63, 3.8) is 0 Å². The normalized spacial score (nSPS) is 11.6. The number of nitrogens with one attached hydrogen (secondary N) is 1. The zero-order valence-electron chi connectivity index (χ0n) is 11.9. The van der Waals surface area contributed by atoms with Crippen LogP contribution in [-0.4, -0.2) is 17.6 Å². The van der Waals surface area contributed by atoms with Gasteiger partial charge in [-0.05, 0) is 11.6 Å². The quantitative estimate of drug-likeness (QED) is 0.859. The van der Waals surface area contributed by atoms with E-state index in [4.69, 9.17) is 11.6 Å². The maximum absolute atomic E-state index is 12.3. The molecule has 22 heavy (non-hydrogen) atoms. The van der Waals surface area contributed by atoms with Gasteiger partial charge in [0.2, 0.25) is 10.0 Å². The van der Waals surface area contributed by atoms with Crippen molar-refractivity contribution in [3.8, 4) is 0 Å². The molecule has 0 saturated heterocycles. The number of aryl methyl sites for hydroxylation is 1. The van der Waals surface area contributed by atoms with E-state index in [1.54, 1.807) is 24.3 Å². The maximum atomic E-state index is 12.3. The minimum absolute atomic E-state index is 0.0615. The van der Waals surface area contributed by atoms with E-state index in [0.29, 0.717) is 10.6 Å². The maximum Gasteiger partial charge on any atom is 0.330 e. The number of halogens is 1. The van der Waals surface area contributed by atoms with Crippen molar-refractivity contribution in [1.82, 2.24) is 13.9 Å². The summed E-state index contributed by atoms with van der Waals surface area (Å²) in [5, 5.41) is 0.415. The van der Waals surface area contributed by atoms with Crippen LogP contribution in [-0.2, 0) is 30.7 Å². The molecule has 0 fully saturated rings. The van der Waals surface area contributed by atoms with Crippen molar-refractivity contribution < 1.29 is 8.42 Å². The molecule has 0 amide bonds. The number of sulfonamides is 1. The highest BCUT2D eigenvalue weighted by Gasteiger charge is 2.21. The first-order valence-electron chi connectivity index (χ1n) is 6.24. The van der Waals surface area contributed by atoms with E-state index >= 15 is 0 Å². The lowest BCUT2D eigenvalue weighted by Crippen LogP contribution is -2.41. The Morgan fingerprint density at radius 1 is 1.18 bits per heavy atom. The Kier molecular flexibility index (Phi) is 4.55. The second-order valence-corrected chi connectivity index (χ2v) is 6.81. The molecule has 1 aromatic carbocycles. The van der Waals surface area contributed by atoms with Gasteiger partial charge in [-0.15, -0.1) is 0 Å². The topological polar surface area (TPSA) is 90.2 Å². The van der Waals surface area contributed by atoms with Gasteiger partial charge in [-0.25, -0.2) is 17.9 Å². The minimum atomic E-state index is -4.07. The van der Waals surface area contributed by atoms with Gasteiger partial charge < -0.3 is 4.57 Å². The van der Waals surface area contributed by atoms with Gasteiger partial charge in [0.05, 0.1) is 0 Å². The Hall–Kier alpha value is -1.90. The van der Waals surface area contributed by atoms with E-state index in [1.807, 2.05) is 0 Å². The Balaban J connectivity index is 2.39. The van der Waals surface area contributed by atoms with Gasteiger partial charge in [-0.2, -0.15) is 0 Å². The molecule has 2 aromatic rings. The molecule has 9 heteroatoms. The molecule has 2 rings (SSSR count). The molecule has 0 aliphatic rings. The van der Waals surface area contributed by atoms with Gasteiger partial charge in [-0.3, -0.25) is 9.36 Å². The fraction of sp³-hybridized carbons (Fsp3) is 0.231. The van der Waals surface area contributed by atoms with Gasteiger partial charge in [0.1, 0.15) is 0 Å². The molecule has 7 nitrogen and oxygen atoms in total. The summed E-state index contributed by atoms with van der Waals surface area (Å²) in [5.74, 6) is 0. The summed E-state index contributed by atoms with van der Waals surface area (Å²) in [4.78, 5) is 23.1. The van der Waals surface area contributed by atoms with Crippen molar-refractivity contribution in [2.24, 2.45) is 14.1 Å². The van der Waals surface area contributed by atoms with E-state index in [9.17, 15) is 18.0 Å². The molecule has 0 aliphatic carbocycles. The van der Waals surface area contributed by atoms with Crippen LogP contribution >= 0.6 is 11.6 Å². The summed E-state index contributed by atoms with van der Waals surface area (Å²) in [6.07, 6.45) is 1.000. The molecular weight excluding hydrogens is 330 g/mol. The first kappa shape index (κ1) is 16.5. The Bertz CT molecular complexity index is 931. The van der Waals surface area contributed by atoms with Crippen LogP contribution in [0, 0.1) is 0 Å². The molecule has 1 aromatic heterocycles. The summed E-state index contributed by atoms with van der Waals surface area (Å²) in [5.41, 5.74) is -0.904. The molecule has 0 bridgehead atoms. The van der Waals surface area contributed by atoms with Crippen LogP contribution < -0.4 is 16.0 Å². The monoisotopic (exact) mass is 343 g/mol. The van der Waals surface area contributed by atoms with Crippen molar-refractivity contribution in [2.75, 3.05) is 0 Å². The van der Waals surface area contributed by atoms with Crippen molar-refractivity contribution >= 4 is 21.6 Å². The van der Waals surface area contributed by atoms with Gasteiger partial charge in [0.15, 0.2) is 4.90 Å². The zero-order chi connectivity index (χ0) is 16.5.